The van der Waals surface area contributed by atoms with Crippen molar-refractivity contribution in [3.63, 3.8) is 0 Å². The first-order chi connectivity index (χ1) is 12.7. The number of hydroxylamine groups is 2. The van der Waals surface area contributed by atoms with Gasteiger partial charge in [0, 0.05) is 12.4 Å². The second-order valence-electron chi connectivity index (χ2n) is 5.80. The van der Waals surface area contributed by atoms with E-state index in [9.17, 15) is 14.4 Å². The summed E-state index contributed by atoms with van der Waals surface area (Å²) in [4.78, 5) is 42.9. The molecule has 0 saturated carbocycles. The molecule has 2 amide bonds. The Bertz CT molecular complexity index is 945. The Morgan fingerprint density at radius 1 is 0.769 bits per heavy atom. The van der Waals surface area contributed by atoms with Gasteiger partial charge < -0.3 is 9.40 Å². The summed E-state index contributed by atoms with van der Waals surface area (Å²) < 4.78 is 1.66. The van der Waals surface area contributed by atoms with Crippen LogP contribution in [-0.2, 0) is 9.63 Å². The molecule has 2 heterocycles. The summed E-state index contributed by atoms with van der Waals surface area (Å²) in [5.41, 5.74) is 1.13. The van der Waals surface area contributed by atoms with Crippen LogP contribution in [0.2, 0.25) is 0 Å². The molecule has 128 valence electrons. The first-order valence-corrected chi connectivity index (χ1v) is 8.04. The average molecular weight is 346 g/mol. The van der Waals surface area contributed by atoms with Crippen molar-refractivity contribution in [1.29, 1.82) is 0 Å². The summed E-state index contributed by atoms with van der Waals surface area (Å²) >= 11 is 0. The van der Waals surface area contributed by atoms with Crippen molar-refractivity contribution in [3.05, 3.63) is 95.8 Å². The predicted octanol–water partition coefficient (Wildman–Crippen LogP) is 2.83. The van der Waals surface area contributed by atoms with Crippen LogP contribution in [0.15, 0.2) is 79.1 Å². The van der Waals surface area contributed by atoms with Crippen LogP contribution in [0.1, 0.15) is 32.3 Å². The number of amides is 2. The number of rotatable bonds is 4. The highest BCUT2D eigenvalue weighted by atomic mass is 16.7. The Morgan fingerprint density at radius 2 is 1.31 bits per heavy atom. The molecule has 26 heavy (non-hydrogen) atoms. The molecule has 6 nitrogen and oxygen atoms in total. The number of benzene rings is 2. The lowest BCUT2D eigenvalue weighted by molar-refractivity contribution is -0.171. The van der Waals surface area contributed by atoms with E-state index in [0.29, 0.717) is 10.6 Å². The minimum Gasteiger partial charge on any atom is -0.336 e. The molecule has 0 bridgehead atoms. The van der Waals surface area contributed by atoms with E-state index in [1.807, 2.05) is 6.07 Å². The highest BCUT2D eigenvalue weighted by Crippen LogP contribution is 2.26. The minimum atomic E-state index is -0.810. The van der Waals surface area contributed by atoms with Crippen molar-refractivity contribution >= 4 is 17.8 Å². The van der Waals surface area contributed by atoms with Crippen LogP contribution in [0.25, 0.3) is 0 Å². The quantitative estimate of drug-likeness (QED) is 0.681. The Kier molecular flexibility index (Phi) is 3.85. The van der Waals surface area contributed by atoms with E-state index in [-0.39, 0.29) is 11.1 Å². The topological polar surface area (TPSA) is 68.6 Å². The molecular formula is C20H14N2O4. The van der Waals surface area contributed by atoms with Gasteiger partial charge in [0.15, 0.2) is 6.04 Å². The second kappa shape index (κ2) is 6.33. The zero-order chi connectivity index (χ0) is 18.1. The molecule has 1 aromatic heterocycles. The molecule has 0 aliphatic carbocycles. The number of carbonyl (C=O) groups excluding carboxylic acids is 3. The Balaban J connectivity index is 1.64. The summed E-state index contributed by atoms with van der Waals surface area (Å²) in [5, 5.41) is 0.534. The van der Waals surface area contributed by atoms with E-state index in [1.54, 1.807) is 65.5 Å². The van der Waals surface area contributed by atoms with Gasteiger partial charge >= 0.3 is 5.97 Å². The van der Waals surface area contributed by atoms with Crippen LogP contribution >= 0.6 is 0 Å². The molecular weight excluding hydrogens is 332 g/mol. The molecule has 6 heteroatoms. The van der Waals surface area contributed by atoms with Crippen molar-refractivity contribution in [2.75, 3.05) is 0 Å². The fraction of sp³-hybridized carbons (Fsp3) is 0.0500. The lowest BCUT2D eigenvalue weighted by Crippen LogP contribution is -2.36. The zero-order valence-electron chi connectivity index (χ0n) is 13.6. The molecule has 0 fully saturated rings. The highest BCUT2D eigenvalue weighted by molar-refractivity contribution is 6.20. The molecule has 2 aromatic carbocycles. The molecule has 1 aliphatic heterocycles. The molecule has 3 aromatic rings. The fourth-order valence-corrected chi connectivity index (χ4v) is 2.98. The third kappa shape index (κ3) is 2.57. The Hall–Kier alpha value is -3.67. The number of nitrogens with zero attached hydrogens (tertiary/aromatic N) is 2. The standard InChI is InChI=1S/C20H14N2O4/c23-18-15-10-4-5-11-16(15)19(24)22(18)26-20(25)17(21-12-6-7-13-21)14-8-2-1-3-9-14/h1-13,17H. The van der Waals surface area contributed by atoms with Crippen LogP contribution in [0.3, 0.4) is 0 Å². The normalized spacial score (nSPS) is 14.2. The maximum atomic E-state index is 12.9. The van der Waals surface area contributed by atoms with Gasteiger partial charge in [-0.2, -0.15) is 0 Å². The highest BCUT2D eigenvalue weighted by Gasteiger charge is 2.40. The smallest absolute Gasteiger partial charge is 0.336 e. The maximum absolute atomic E-state index is 12.9. The van der Waals surface area contributed by atoms with Gasteiger partial charge in [-0.1, -0.05) is 47.5 Å². The van der Waals surface area contributed by atoms with Crippen LogP contribution in [0.4, 0.5) is 0 Å². The minimum absolute atomic E-state index is 0.225. The van der Waals surface area contributed by atoms with Gasteiger partial charge in [-0.3, -0.25) is 9.59 Å². The molecule has 0 spiro atoms. The van der Waals surface area contributed by atoms with Crippen molar-refractivity contribution in [1.82, 2.24) is 9.63 Å². The van der Waals surface area contributed by atoms with Crippen LogP contribution in [0.5, 0.6) is 0 Å². The van der Waals surface area contributed by atoms with Gasteiger partial charge in [-0.05, 0) is 29.8 Å². The summed E-state index contributed by atoms with van der Waals surface area (Å²) in [5.74, 6) is -2.00. The van der Waals surface area contributed by atoms with E-state index in [0.717, 1.165) is 0 Å². The Morgan fingerprint density at radius 3 is 1.88 bits per heavy atom. The molecule has 0 saturated heterocycles. The van der Waals surface area contributed by atoms with Gasteiger partial charge in [0.25, 0.3) is 11.8 Å². The SMILES string of the molecule is O=C(ON1C(=O)c2ccccc2C1=O)C(c1ccccc1)n1cccc1. The summed E-state index contributed by atoms with van der Waals surface area (Å²) in [7, 11) is 0. The fourth-order valence-electron chi connectivity index (χ4n) is 2.98. The van der Waals surface area contributed by atoms with Gasteiger partial charge in [0.2, 0.25) is 0 Å². The molecule has 1 aliphatic rings. The van der Waals surface area contributed by atoms with Gasteiger partial charge in [0.1, 0.15) is 0 Å². The lowest BCUT2D eigenvalue weighted by Gasteiger charge is -2.20. The lowest BCUT2D eigenvalue weighted by atomic mass is 10.1. The van der Waals surface area contributed by atoms with Crippen molar-refractivity contribution in [2.24, 2.45) is 0 Å². The zero-order valence-corrected chi connectivity index (χ0v) is 13.6. The molecule has 0 N–H and O–H groups in total. The first-order valence-electron chi connectivity index (χ1n) is 8.04. The summed E-state index contributed by atoms with van der Waals surface area (Å²) in [6.07, 6.45) is 3.45. The van der Waals surface area contributed by atoms with Crippen LogP contribution in [-0.4, -0.2) is 27.4 Å². The largest absolute Gasteiger partial charge is 0.360 e. The van der Waals surface area contributed by atoms with Crippen molar-refractivity contribution in [3.8, 4) is 0 Å². The number of imide groups is 1. The second-order valence-corrected chi connectivity index (χ2v) is 5.80. The van der Waals surface area contributed by atoms with Gasteiger partial charge in [-0.25, -0.2) is 4.79 Å². The number of hydrogen-bond donors (Lipinski definition) is 0. The number of aromatic nitrogens is 1. The average Bonchev–Trinajstić information content (AvgIpc) is 3.27. The van der Waals surface area contributed by atoms with E-state index < -0.39 is 23.8 Å². The summed E-state index contributed by atoms with van der Waals surface area (Å²) in [6, 6.07) is 18.2. The van der Waals surface area contributed by atoms with Crippen LogP contribution < -0.4 is 0 Å². The van der Waals surface area contributed by atoms with E-state index in [1.165, 1.54) is 12.1 Å². The number of fused-ring (bicyclic) bond motifs is 1. The molecule has 4 rings (SSSR count). The van der Waals surface area contributed by atoms with E-state index >= 15 is 0 Å². The van der Waals surface area contributed by atoms with Crippen LogP contribution in [0, 0.1) is 0 Å². The first kappa shape index (κ1) is 15.8. The van der Waals surface area contributed by atoms with Crippen molar-refractivity contribution < 1.29 is 19.2 Å². The predicted molar refractivity (Wildman–Crippen MR) is 92.0 cm³/mol. The summed E-state index contributed by atoms with van der Waals surface area (Å²) in [6.45, 7) is 0. The van der Waals surface area contributed by atoms with Crippen molar-refractivity contribution in [2.45, 2.75) is 6.04 Å². The van der Waals surface area contributed by atoms with E-state index in [2.05, 4.69) is 0 Å². The van der Waals surface area contributed by atoms with Gasteiger partial charge in [0.05, 0.1) is 11.1 Å². The molecule has 1 unspecified atom stereocenters. The molecule has 1 atom stereocenters. The monoisotopic (exact) mass is 346 g/mol. The molecule has 0 radical (unpaired) electrons. The van der Waals surface area contributed by atoms with Gasteiger partial charge in [-0.15, -0.1) is 0 Å². The maximum Gasteiger partial charge on any atom is 0.360 e. The third-order valence-electron chi connectivity index (χ3n) is 4.20. The number of hydrogen-bond acceptors (Lipinski definition) is 4. The Labute approximate surface area is 149 Å². The van der Waals surface area contributed by atoms with E-state index in [4.69, 9.17) is 4.84 Å². The third-order valence-corrected chi connectivity index (χ3v) is 4.20. The number of carbonyl (C=O) groups is 3.